The predicted molar refractivity (Wildman–Crippen MR) is 85.6 cm³/mol. The number of halogens is 1. The smallest absolute Gasteiger partial charge is 0.412 e. The van der Waals surface area contributed by atoms with E-state index >= 15 is 0 Å². The zero-order valence-electron chi connectivity index (χ0n) is 14.0. The Labute approximate surface area is 130 Å². The summed E-state index contributed by atoms with van der Waals surface area (Å²) in [5, 5.41) is 15.4. The van der Waals surface area contributed by atoms with Crippen molar-refractivity contribution in [3.8, 4) is 0 Å². The number of benzene rings is 1. The van der Waals surface area contributed by atoms with E-state index in [4.69, 9.17) is 4.74 Å². The second-order valence-corrected chi connectivity index (χ2v) is 6.84. The van der Waals surface area contributed by atoms with Crippen LogP contribution in [-0.4, -0.2) is 28.4 Å². The quantitative estimate of drug-likeness (QED) is 0.792. The Morgan fingerprint density at radius 1 is 1.27 bits per heavy atom. The highest BCUT2D eigenvalue weighted by Gasteiger charge is 2.22. The molecule has 0 saturated carbocycles. The number of carbonyl (C=O) groups excluding carboxylic acids is 1. The van der Waals surface area contributed by atoms with Crippen molar-refractivity contribution in [1.82, 2.24) is 0 Å². The fourth-order valence-electron chi connectivity index (χ4n) is 1.55. The van der Waals surface area contributed by atoms with Gasteiger partial charge in [0, 0.05) is 5.69 Å². The van der Waals surface area contributed by atoms with Crippen LogP contribution in [0.5, 0.6) is 0 Å². The van der Waals surface area contributed by atoms with Gasteiger partial charge >= 0.3 is 6.09 Å². The van der Waals surface area contributed by atoms with E-state index in [1.54, 1.807) is 34.6 Å². The Morgan fingerprint density at radius 2 is 1.86 bits per heavy atom. The van der Waals surface area contributed by atoms with Crippen LogP contribution in [0.1, 0.15) is 41.5 Å². The van der Waals surface area contributed by atoms with Crippen LogP contribution < -0.4 is 10.6 Å². The number of nitrogens with one attached hydrogen (secondary N) is 2. The Hall–Kier alpha value is -1.82. The lowest BCUT2D eigenvalue weighted by molar-refractivity contribution is 0.0631. The number of amides is 1. The zero-order valence-corrected chi connectivity index (χ0v) is 14.0. The van der Waals surface area contributed by atoms with Gasteiger partial charge in [0.25, 0.3) is 0 Å². The number of rotatable bonds is 4. The molecule has 0 aliphatic heterocycles. The Bertz CT molecular complexity index is 533. The fraction of sp³-hybridized carbons (Fsp3) is 0.562. The maximum atomic E-state index is 13.8. The fourth-order valence-corrected chi connectivity index (χ4v) is 1.55. The average molecular weight is 312 g/mol. The summed E-state index contributed by atoms with van der Waals surface area (Å²) in [6, 6.07) is 3.98. The minimum Gasteiger partial charge on any atom is -0.444 e. The standard InChI is InChI=1S/C16H25FN2O3/c1-10(16(5,6)21)18-11-7-8-12(17)13(9-11)19-14(20)22-15(2,3)4/h7-10,18,21H,1-6H3,(H,19,20). The molecule has 0 spiro atoms. The molecule has 3 N–H and O–H groups in total. The molecule has 1 unspecified atom stereocenters. The molecule has 124 valence electrons. The lowest BCUT2D eigenvalue weighted by atomic mass is 10.0. The number of carbonyl (C=O) groups is 1. The highest BCUT2D eigenvalue weighted by Crippen LogP contribution is 2.23. The van der Waals surface area contributed by atoms with Crippen LogP contribution >= 0.6 is 0 Å². The van der Waals surface area contributed by atoms with E-state index in [-0.39, 0.29) is 11.7 Å². The molecule has 0 radical (unpaired) electrons. The Kier molecular flexibility index (Phi) is 5.40. The molecule has 0 saturated heterocycles. The Balaban J connectivity index is 2.84. The number of hydrogen-bond acceptors (Lipinski definition) is 4. The number of ether oxygens (including phenoxy) is 1. The van der Waals surface area contributed by atoms with Crippen molar-refractivity contribution in [1.29, 1.82) is 0 Å². The second-order valence-electron chi connectivity index (χ2n) is 6.84. The van der Waals surface area contributed by atoms with Gasteiger partial charge in [0.2, 0.25) is 0 Å². The molecular formula is C16H25FN2O3. The van der Waals surface area contributed by atoms with Crippen LogP contribution in [0.3, 0.4) is 0 Å². The first-order valence-corrected chi connectivity index (χ1v) is 7.17. The van der Waals surface area contributed by atoms with Gasteiger partial charge in [0.1, 0.15) is 11.4 Å². The summed E-state index contributed by atoms with van der Waals surface area (Å²) in [5.41, 5.74) is -0.997. The summed E-state index contributed by atoms with van der Waals surface area (Å²) < 4.78 is 18.9. The molecule has 0 heterocycles. The van der Waals surface area contributed by atoms with Crippen molar-refractivity contribution in [2.75, 3.05) is 10.6 Å². The minimum absolute atomic E-state index is 0.0159. The number of anilines is 2. The number of aliphatic hydroxyl groups is 1. The lowest BCUT2D eigenvalue weighted by Gasteiger charge is -2.28. The molecule has 0 bridgehead atoms. The molecule has 0 aliphatic carbocycles. The van der Waals surface area contributed by atoms with Crippen molar-refractivity contribution in [3.63, 3.8) is 0 Å². The molecule has 1 atom stereocenters. The van der Waals surface area contributed by atoms with Crippen LogP contribution in [0.15, 0.2) is 18.2 Å². The summed E-state index contributed by atoms with van der Waals surface area (Å²) in [6.45, 7) is 10.3. The van der Waals surface area contributed by atoms with E-state index in [0.717, 1.165) is 0 Å². The molecule has 0 fully saturated rings. The van der Waals surface area contributed by atoms with Crippen molar-refractivity contribution >= 4 is 17.5 Å². The van der Waals surface area contributed by atoms with Gasteiger partial charge < -0.3 is 15.2 Å². The van der Waals surface area contributed by atoms with Crippen molar-refractivity contribution in [2.45, 2.75) is 58.8 Å². The summed E-state index contributed by atoms with van der Waals surface area (Å²) in [7, 11) is 0. The molecule has 1 amide bonds. The van der Waals surface area contributed by atoms with Gasteiger partial charge in [0.05, 0.1) is 17.3 Å². The first-order chi connectivity index (χ1) is 9.88. The van der Waals surface area contributed by atoms with Crippen LogP contribution in [0, 0.1) is 5.82 Å². The Morgan fingerprint density at radius 3 is 2.36 bits per heavy atom. The molecule has 1 rings (SSSR count). The van der Waals surface area contributed by atoms with Crippen LogP contribution in [0.4, 0.5) is 20.6 Å². The second kappa shape index (κ2) is 6.52. The van der Waals surface area contributed by atoms with Crippen molar-refractivity contribution < 1.29 is 19.0 Å². The topological polar surface area (TPSA) is 70.6 Å². The number of hydrogen-bond donors (Lipinski definition) is 3. The summed E-state index contributed by atoms with van der Waals surface area (Å²) >= 11 is 0. The highest BCUT2D eigenvalue weighted by molar-refractivity contribution is 5.85. The molecule has 1 aromatic carbocycles. The third-order valence-corrected chi connectivity index (χ3v) is 3.04. The van der Waals surface area contributed by atoms with E-state index in [9.17, 15) is 14.3 Å². The maximum absolute atomic E-state index is 13.8. The highest BCUT2D eigenvalue weighted by atomic mass is 19.1. The van der Waals surface area contributed by atoms with Gasteiger partial charge in [-0.2, -0.15) is 0 Å². The van der Waals surface area contributed by atoms with Gasteiger partial charge in [-0.05, 0) is 59.7 Å². The molecular weight excluding hydrogens is 287 g/mol. The van der Waals surface area contributed by atoms with Gasteiger partial charge in [-0.15, -0.1) is 0 Å². The lowest BCUT2D eigenvalue weighted by Crippen LogP contribution is -2.39. The SMILES string of the molecule is CC(Nc1ccc(F)c(NC(=O)OC(C)(C)C)c1)C(C)(C)O. The third kappa shape index (κ3) is 5.89. The zero-order chi connectivity index (χ0) is 17.1. The van der Waals surface area contributed by atoms with Gasteiger partial charge in [-0.1, -0.05) is 0 Å². The van der Waals surface area contributed by atoms with Gasteiger partial charge in [-0.25, -0.2) is 9.18 Å². The predicted octanol–water partition coefficient (Wildman–Crippen LogP) is 3.74. The van der Waals surface area contributed by atoms with E-state index in [0.29, 0.717) is 5.69 Å². The average Bonchev–Trinajstić information content (AvgIpc) is 2.29. The molecule has 6 heteroatoms. The molecule has 5 nitrogen and oxygen atoms in total. The van der Waals surface area contributed by atoms with E-state index in [1.165, 1.54) is 18.2 Å². The van der Waals surface area contributed by atoms with Crippen LogP contribution in [0.2, 0.25) is 0 Å². The van der Waals surface area contributed by atoms with E-state index < -0.39 is 23.1 Å². The van der Waals surface area contributed by atoms with Crippen LogP contribution in [0.25, 0.3) is 0 Å². The first-order valence-electron chi connectivity index (χ1n) is 7.17. The molecule has 1 aromatic rings. The maximum Gasteiger partial charge on any atom is 0.412 e. The van der Waals surface area contributed by atoms with Gasteiger partial charge in [0.15, 0.2) is 0 Å². The third-order valence-electron chi connectivity index (χ3n) is 3.04. The van der Waals surface area contributed by atoms with Gasteiger partial charge in [-0.3, -0.25) is 5.32 Å². The monoisotopic (exact) mass is 312 g/mol. The summed E-state index contributed by atoms with van der Waals surface area (Å²) in [4.78, 5) is 11.7. The van der Waals surface area contributed by atoms with Crippen LogP contribution in [-0.2, 0) is 4.74 Å². The van der Waals surface area contributed by atoms with Crippen molar-refractivity contribution in [2.24, 2.45) is 0 Å². The minimum atomic E-state index is -0.937. The largest absolute Gasteiger partial charge is 0.444 e. The van der Waals surface area contributed by atoms with E-state index in [1.807, 2.05) is 6.92 Å². The van der Waals surface area contributed by atoms with Crippen molar-refractivity contribution in [3.05, 3.63) is 24.0 Å². The summed E-state index contributed by atoms with van der Waals surface area (Å²) in [6.07, 6.45) is -0.723. The molecule has 22 heavy (non-hydrogen) atoms. The molecule has 0 aliphatic rings. The van der Waals surface area contributed by atoms with E-state index in [2.05, 4.69) is 10.6 Å². The summed E-state index contributed by atoms with van der Waals surface area (Å²) in [5.74, 6) is -0.563. The first kappa shape index (κ1) is 18.2. The molecule has 0 aromatic heterocycles. The normalized spacial score (nSPS) is 13.5.